The molecule has 1 atom stereocenters. The van der Waals surface area contributed by atoms with Crippen LogP contribution < -0.4 is 10.6 Å². The van der Waals surface area contributed by atoms with Crippen molar-refractivity contribution >= 4 is 29.2 Å². The maximum absolute atomic E-state index is 11.6. The van der Waals surface area contributed by atoms with Crippen molar-refractivity contribution in [1.29, 1.82) is 0 Å². The first kappa shape index (κ1) is 13.5. The van der Waals surface area contributed by atoms with Crippen LogP contribution in [-0.4, -0.2) is 30.1 Å². The van der Waals surface area contributed by atoms with Gasteiger partial charge in [0, 0.05) is 10.7 Å². The van der Waals surface area contributed by atoms with E-state index in [9.17, 15) is 9.59 Å². The maximum atomic E-state index is 11.6. The van der Waals surface area contributed by atoms with Gasteiger partial charge in [0.05, 0.1) is 0 Å². The van der Waals surface area contributed by atoms with Crippen LogP contribution in [0.1, 0.15) is 5.56 Å². The molecule has 0 bridgehead atoms. The zero-order chi connectivity index (χ0) is 13.0. The van der Waals surface area contributed by atoms with Crippen molar-refractivity contribution in [3.63, 3.8) is 0 Å². The summed E-state index contributed by atoms with van der Waals surface area (Å²) in [5.74, 6) is -1.85. The SMILES string of the molecule is CNC(C(=O)O)C(=O)Nc1ccc(Cl)cc1C. The second kappa shape index (κ2) is 5.65. The summed E-state index contributed by atoms with van der Waals surface area (Å²) in [7, 11) is 1.41. The molecule has 0 saturated carbocycles. The highest BCUT2D eigenvalue weighted by Crippen LogP contribution is 2.19. The average molecular weight is 257 g/mol. The third-order valence-corrected chi connectivity index (χ3v) is 2.48. The molecule has 1 unspecified atom stereocenters. The first-order valence-corrected chi connectivity index (χ1v) is 5.30. The van der Waals surface area contributed by atoms with Crippen molar-refractivity contribution in [3.8, 4) is 0 Å². The highest BCUT2D eigenvalue weighted by Gasteiger charge is 2.24. The number of benzene rings is 1. The van der Waals surface area contributed by atoms with Gasteiger partial charge < -0.3 is 10.4 Å². The van der Waals surface area contributed by atoms with Crippen LogP contribution in [0.2, 0.25) is 5.02 Å². The number of carbonyl (C=O) groups excluding carboxylic acids is 1. The summed E-state index contributed by atoms with van der Waals surface area (Å²) < 4.78 is 0. The Morgan fingerprint density at radius 3 is 2.53 bits per heavy atom. The van der Waals surface area contributed by atoms with Crippen molar-refractivity contribution in [2.45, 2.75) is 13.0 Å². The van der Waals surface area contributed by atoms with Gasteiger partial charge in [0.25, 0.3) is 5.91 Å². The van der Waals surface area contributed by atoms with Gasteiger partial charge in [-0.25, -0.2) is 4.79 Å². The fraction of sp³-hybridized carbons (Fsp3) is 0.273. The second-order valence-corrected chi connectivity index (χ2v) is 3.94. The van der Waals surface area contributed by atoms with E-state index in [1.807, 2.05) is 0 Å². The van der Waals surface area contributed by atoms with Gasteiger partial charge in [-0.2, -0.15) is 0 Å². The molecule has 3 N–H and O–H groups in total. The largest absolute Gasteiger partial charge is 0.480 e. The predicted molar refractivity (Wildman–Crippen MR) is 65.3 cm³/mol. The number of nitrogens with one attached hydrogen (secondary N) is 2. The van der Waals surface area contributed by atoms with E-state index >= 15 is 0 Å². The second-order valence-electron chi connectivity index (χ2n) is 3.51. The molecule has 0 aliphatic rings. The van der Waals surface area contributed by atoms with E-state index in [4.69, 9.17) is 16.7 Å². The van der Waals surface area contributed by atoms with E-state index in [0.717, 1.165) is 5.56 Å². The van der Waals surface area contributed by atoms with Gasteiger partial charge in [0.2, 0.25) is 0 Å². The van der Waals surface area contributed by atoms with E-state index in [2.05, 4.69) is 10.6 Å². The molecule has 1 aromatic rings. The highest BCUT2D eigenvalue weighted by molar-refractivity contribution is 6.30. The molecule has 6 heteroatoms. The minimum absolute atomic E-state index is 0.543. The van der Waals surface area contributed by atoms with E-state index in [1.165, 1.54) is 7.05 Å². The van der Waals surface area contributed by atoms with Crippen molar-refractivity contribution in [2.75, 3.05) is 12.4 Å². The van der Waals surface area contributed by atoms with Crippen LogP contribution in [0.3, 0.4) is 0 Å². The monoisotopic (exact) mass is 256 g/mol. The van der Waals surface area contributed by atoms with Crippen molar-refractivity contribution in [1.82, 2.24) is 5.32 Å². The minimum atomic E-state index is -1.27. The first-order valence-electron chi connectivity index (χ1n) is 4.92. The number of carboxylic acids is 1. The first-order chi connectivity index (χ1) is 7.95. The molecule has 0 radical (unpaired) electrons. The molecule has 0 aliphatic heterocycles. The number of carbonyl (C=O) groups is 2. The predicted octanol–water partition coefficient (Wildman–Crippen LogP) is 1.26. The molecule has 0 aromatic heterocycles. The van der Waals surface area contributed by atoms with Crippen LogP contribution in [0.5, 0.6) is 0 Å². The Balaban J connectivity index is 2.84. The average Bonchev–Trinajstić information content (AvgIpc) is 2.22. The summed E-state index contributed by atoms with van der Waals surface area (Å²) in [5, 5.41) is 14.3. The van der Waals surface area contributed by atoms with Gasteiger partial charge >= 0.3 is 5.97 Å². The summed E-state index contributed by atoms with van der Waals surface area (Å²) in [4.78, 5) is 22.4. The third-order valence-electron chi connectivity index (χ3n) is 2.24. The van der Waals surface area contributed by atoms with Gasteiger partial charge in [0.1, 0.15) is 0 Å². The van der Waals surface area contributed by atoms with Gasteiger partial charge in [-0.15, -0.1) is 0 Å². The van der Waals surface area contributed by atoms with Crippen LogP contribution in [0, 0.1) is 6.92 Å². The number of rotatable bonds is 4. The molecule has 0 spiro atoms. The Hall–Kier alpha value is -1.59. The number of hydrogen-bond donors (Lipinski definition) is 3. The van der Waals surface area contributed by atoms with Crippen LogP contribution >= 0.6 is 11.6 Å². The molecular formula is C11H13ClN2O3. The fourth-order valence-electron chi connectivity index (χ4n) is 1.34. The third kappa shape index (κ3) is 3.44. The fourth-order valence-corrected chi connectivity index (χ4v) is 1.57. The highest BCUT2D eigenvalue weighted by atomic mass is 35.5. The van der Waals surface area contributed by atoms with Crippen molar-refractivity contribution in [2.24, 2.45) is 0 Å². The lowest BCUT2D eigenvalue weighted by Gasteiger charge is -2.13. The molecule has 5 nitrogen and oxygen atoms in total. The number of hydrogen-bond acceptors (Lipinski definition) is 3. The summed E-state index contributed by atoms with van der Waals surface area (Å²) in [6.45, 7) is 1.77. The van der Waals surface area contributed by atoms with E-state index in [1.54, 1.807) is 25.1 Å². The normalized spacial score (nSPS) is 11.9. The molecule has 0 aliphatic carbocycles. The van der Waals surface area contributed by atoms with E-state index in [-0.39, 0.29) is 0 Å². The molecule has 1 aromatic carbocycles. The molecule has 0 fully saturated rings. The quantitative estimate of drug-likeness (QED) is 0.709. The zero-order valence-electron chi connectivity index (χ0n) is 9.45. The molecule has 0 heterocycles. The lowest BCUT2D eigenvalue weighted by atomic mass is 10.2. The van der Waals surface area contributed by atoms with Crippen LogP contribution in [0.15, 0.2) is 18.2 Å². The maximum Gasteiger partial charge on any atom is 0.330 e. The lowest BCUT2D eigenvalue weighted by Crippen LogP contribution is -2.44. The van der Waals surface area contributed by atoms with Crippen molar-refractivity contribution in [3.05, 3.63) is 28.8 Å². The smallest absolute Gasteiger partial charge is 0.330 e. The van der Waals surface area contributed by atoms with Crippen LogP contribution in [0.4, 0.5) is 5.69 Å². The van der Waals surface area contributed by atoms with Gasteiger partial charge in [0.15, 0.2) is 6.04 Å². The minimum Gasteiger partial charge on any atom is -0.480 e. The zero-order valence-corrected chi connectivity index (χ0v) is 10.2. The van der Waals surface area contributed by atoms with E-state index in [0.29, 0.717) is 10.7 Å². The Bertz CT molecular complexity index is 448. The standard InChI is InChI=1S/C11H13ClN2O3/c1-6-5-7(12)3-4-8(6)14-10(15)9(13-2)11(16)17/h3-5,9,13H,1-2H3,(H,14,15)(H,16,17). The molecule has 1 amide bonds. The number of carboxylic acid groups (broad SMARTS) is 1. The Labute approximate surface area is 104 Å². The van der Waals surface area contributed by atoms with Gasteiger partial charge in [-0.3, -0.25) is 10.1 Å². The Morgan fingerprint density at radius 2 is 2.06 bits per heavy atom. The number of anilines is 1. The number of aliphatic carboxylic acids is 1. The topological polar surface area (TPSA) is 78.4 Å². The number of likely N-dealkylation sites (N-methyl/N-ethyl adjacent to an activating group) is 1. The van der Waals surface area contributed by atoms with Gasteiger partial charge in [-0.1, -0.05) is 11.6 Å². The summed E-state index contributed by atoms with van der Waals surface area (Å²) in [6.07, 6.45) is 0. The molecular weight excluding hydrogens is 244 g/mol. The molecule has 92 valence electrons. The van der Waals surface area contributed by atoms with Crippen LogP contribution in [-0.2, 0) is 9.59 Å². The molecule has 0 saturated heterocycles. The summed E-state index contributed by atoms with van der Waals surface area (Å²) in [6, 6.07) is 3.67. The lowest BCUT2D eigenvalue weighted by molar-refractivity contribution is -0.142. The number of amides is 1. The van der Waals surface area contributed by atoms with Gasteiger partial charge in [-0.05, 0) is 37.7 Å². The number of aryl methyl sites for hydroxylation is 1. The van der Waals surface area contributed by atoms with Crippen molar-refractivity contribution < 1.29 is 14.7 Å². The van der Waals surface area contributed by atoms with E-state index < -0.39 is 17.9 Å². The molecule has 1 rings (SSSR count). The van der Waals surface area contributed by atoms with Crippen LogP contribution in [0.25, 0.3) is 0 Å². The summed E-state index contributed by atoms with van der Waals surface area (Å²) in [5.41, 5.74) is 1.31. The molecule has 17 heavy (non-hydrogen) atoms. The Morgan fingerprint density at radius 1 is 1.41 bits per heavy atom. The number of halogens is 1. The summed E-state index contributed by atoms with van der Waals surface area (Å²) >= 11 is 5.77. The Kier molecular flexibility index (Phi) is 4.48.